The summed E-state index contributed by atoms with van der Waals surface area (Å²) in [5.41, 5.74) is 1.41. The van der Waals surface area contributed by atoms with Crippen LogP contribution in [0.1, 0.15) is 28.8 Å². The Morgan fingerprint density at radius 1 is 1.52 bits per heavy atom. The summed E-state index contributed by atoms with van der Waals surface area (Å²) in [6, 6.07) is 5.45. The van der Waals surface area contributed by atoms with Gasteiger partial charge in [-0.2, -0.15) is 0 Å². The van der Waals surface area contributed by atoms with E-state index in [0.717, 1.165) is 24.9 Å². The van der Waals surface area contributed by atoms with Crippen LogP contribution in [0, 0.1) is 6.92 Å². The second-order valence-corrected chi connectivity index (χ2v) is 5.82. The maximum Gasteiger partial charge on any atom is 0.252 e. The highest BCUT2D eigenvalue weighted by Gasteiger charge is 2.33. The van der Waals surface area contributed by atoms with Gasteiger partial charge in [0.15, 0.2) is 0 Å². The average molecular weight is 333 g/mol. The number of amides is 1. The second kappa shape index (κ2) is 7.99. The summed E-state index contributed by atoms with van der Waals surface area (Å²) in [5, 5.41) is 6.88. The lowest BCUT2D eigenvalue weighted by Gasteiger charge is -2.29. The van der Waals surface area contributed by atoms with Gasteiger partial charge in [0, 0.05) is 13.7 Å². The number of halogens is 2. The fraction of sp³-hybridized carbons (Fsp3) is 0.533. The number of hydrogen-bond acceptors (Lipinski definition) is 3. The average Bonchev–Trinajstić information content (AvgIpc) is 2.85. The van der Waals surface area contributed by atoms with Gasteiger partial charge in [0.2, 0.25) is 0 Å². The van der Waals surface area contributed by atoms with Gasteiger partial charge in [-0.25, -0.2) is 0 Å². The van der Waals surface area contributed by atoms with Crippen molar-refractivity contribution in [2.45, 2.75) is 25.3 Å². The minimum absolute atomic E-state index is 0. The maximum absolute atomic E-state index is 12.2. The van der Waals surface area contributed by atoms with Crippen LogP contribution in [0.2, 0.25) is 5.02 Å². The van der Waals surface area contributed by atoms with E-state index in [1.54, 1.807) is 19.2 Å². The summed E-state index contributed by atoms with van der Waals surface area (Å²) in [5.74, 6) is -0.140. The molecule has 1 aromatic rings. The highest BCUT2D eigenvalue weighted by atomic mass is 35.5. The van der Waals surface area contributed by atoms with Crippen molar-refractivity contribution in [3.8, 4) is 0 Å². The van der Waals surface area contributed by atoms with Crippen molar-refractivity contribution >= 4 is 29.9 Å². The quantitative estimate of drug-likeness (QED) is 0.871. The second-order valence-electron chi connectivity index (χ2n) is 5.41. The number of aryl methyl sites for hydroxylation is 1. The van der Waals surface area contributed by atoms with Crippen LogP contribution in [-0.4, -0.2) is 38.3 Å². The molecule has 1 saturated heterocycles. The van der Waals surface area contributed by atoms with Crippen molar-refractivity contribution < 1.29 is 9.53 Å². The van der Waals surface area contributed by atoms with Gasteiger partial charge in [-0.15, -0.1) is 12.4 Å². The summed E-state index contributed by atoms with van der Waals surface area (Å²) in [7, 11) is 1.68. The van der Waals surface area contributed by atoms with Gasteiger partial charge in [0.05, 0.1) is 22.7 Å². The number of carbonyl (C=O) groups excluding carboxylic acids is 1. The van der Waals surface area contributed by atoms with E-state index in [2.05, 4.69) is 10.6 Å². The molecule has 0 aliphatic carbocycles. The molecule has 1 aromatic carbocycles. The Kier molecular flexibility index (Phi) is 6.94. The fourth-order valence-electron chi connectivity index (χ4n) is 2.62. The molecule has 0 aromatic heterocycles. The van der Waals surface area contributed by atoms with Gasteiger partial charge in [-0.1, -0.05) is 17.7 Å². The smallest absolute Gasteiger partial charge is 0.252 e. The molecule has 0 bridgehead atoms. The number of rotatable bonds is 5. The fourth-order valence-corrected chi connectivity index (χ4v) is 2.94. The van der Waals surface area contributed by atoms with E-state index < -0.39 is 0 Å². The molecule has 1 heterocycles. The largest absolute Gasteiger partial charge is 0.383 e. The molecule has 6 heteroatoms. The summed E-state index contributed by atoms with van der Waals surface area (Å²) in [6.07, 6.45) is 2.10. The molecule has 118 valence electrons. The Morgan fingerprint density at radius 3 is 2.86 bits per heavy atom. The molecule has 0 radical (unpaired) electrons. The third kappa shape index (κ3) is 4.58. The summed E-state index contributed by atoms with van der Waals surface area (Å²) >= 11 is 6.11. The van der Waals surface area contributed by atoms with Crippen molar-refractivity contribution in [1.82, 2.24) is 10.6 Å². The molecular weight excluding hydrogens is 311 g/mol. The molecule has 1 fully saturated rings. The molecule has 1 unspecified atom stereocenters. The van der Waals surface area contributed by atoms with Crippen LogP contribution in [0.15, 0.2) is 18.2 Å². The van der Waals surface area contributed by atoms with Crippen LogP contribution < -0.4 is 10.6 Å². The Morgan fingerprint density at radius 2 is 2.29 bits per heavy atom. The van der Waals surface area contributed by atoms with E-state index in [0.29, 0.717) is 23.7 Å². The van der Waals surface area contributed by atoms with Crippen molar-refractivity contribution in [2.75, 3.05) is 26.8 Å². The van der Waals surface area contributed by atoms with Gasteiger partial charge < -0.3 is 15.4 Å². The van der Waals surface area contributed by atoms with Crippen molar-refractivity contribution in [2.24, 2.45) is 0 Å². The van der Waals surface area contributed by atoms with Gasteiger partial charge in [0.1, 0.15) is 0 Å². The van der Waals surface area contributed by atoms with E-state index in [4.69, 9.17) is 16.3 Å². The first-order valence-corrected chi connectivity index (χ1v) is 7.22. The van der Waals surface area contributed by atoms with Crippen LogP contribution in [0.25, 0.3) is 0 Å². The zero-order valence-electron chi connectivity index (χ0n) is 12.4. The first-order chi connectivity index (χ1) is 9.56. The summed E-state index contributed by atoms with van der Waals surface area (Å²) < 4.78 is 5.27. The zero-order valence-corrected chi connectivity index (χ0v) is 13.9. The topological polar surface area (TPSA) is 50.4 Å². The van der Waals surface area contributed by atoms with Gasteiger partial charge in [-0.3, -0.25) is 4.79 Å². The molecule has 2 N–H and O–H groups in total. The molecule has 1 aliphatic rings. The standard InChI is InChI=1S/C15H21ClN2O2.ClH/c1-11-4-5-12(13(16)8-11)14(19)17-9-15(10-20-2)6-3-7-18-15;/h4-5,8,18H,3,6-7,9-10H2,1-2H3,(H,17,19);1H. The number of nitrogens with one attached hydrogen (secondary N) is 2. The molecular formula is C15H22Cl2N2O2. The predicted octanol–water partition coefficient (Wildman–Crippen LogP) is 2.57. The highest BCUT2D eigenvalue weighted by molar-refractivity contribution is 6.33. The maximum atomic E-state index is 12.2. The Balaban J connectivity index is 0.00000220. The van der Waals surface area contributed by atoms with Crippen molar-refractivity contribution in [1.29, 1.82) is 0 Å². The van der Waals surface area contributed by atoms with E-state index in [-0.39, 0.29) is 23.9 Å². The molecule has 4 nitrogen and oxygen atoms in total. The molecule has 21 heavy (non-hydrogen) atoms. The van der Waals surface area contributed by atoms with Crippen molar-refractivity contribution in [3.05, 3.63) is 34.3 Å². The van der Waals surface area contributed by atoms with Gasteiger partial charge in [-0.05, 0) is 44.0 Å². The summed E-state index contributed by atoms with van der Waals surface area (Å²) in [4.78, 5) is 12.2. The molecule has 1 atom stereocenters. The van der Waals surface area contributed by atoms with E-state index >= 15 is 0 Å². The van der Waals surface area contributed by atoms with E-state index in [1.165, 1.54) is 0 Å². The van der Waals surface area contributed by atoms with Crippen molar-refractivity contribution in [3.63, 3.8) is 0 Å². The Bertz CT molecular complexity index is 489. The predicted molar refractivity (Wildman–Crippen MR) is 87.6 cm³/mol. The number of carbonyl (C=O) groups is 1. The number of ether oxygens (including phenoxy) is 1. The Labute approximate surface area is 137 Å². The molecule has 1 aliphatic heterocycles. The molecule has 2 rings (SSSR count). The minimum atomic E-state index is -0.151. The molecule has 0 saturated carbocycles. The lowest BCUT2D eigenvalue weighted by molar-refractivity contribution is 0.0892. The van der Waals surface area contributed by atoms with Crippen LogP contribution in [-0.2, 0) is 4.74 Å². The zero-order chi connectivity index (χ0) is 14.6. The third-order valence-corrected chi connectivity index (χ3v) is 4.02. The van der Waals surface area contributed by atoms with Gasteiger partial charge in [0.25, 0.3) is 5.91 Å². The van der Waals surface area contributed by atoms with Crippen LogP contribution >= 0.6 is 24.0 Å². The van der Waals surface area contributed by atoms with Crippen LogP contribution in [0.5, 0.6) is 0 Å². The Hall–Kier alpha value is -0.810. The molecule has 1 amide bonds. The third-order valence-electron chi connectivity index (χ3n) is 3.71. The summed E-state index contributed by atoms with van der Waals surface area (Å²) in [6.45, 7) is 4.05. The van der Waals surface area contributed by atoms with E-state index in [1.807, 2.05) is 13.0 Å². The lowest BCUT2D eigenvalue weighted by atomic mass is 9.98. The number of hydrogen-bond donors (Lipinski definition) is 2. The van der Waals surface area contributed by atoms with Crippen LogP contribution in [0.3, 0.4) is 0 Å². The monoisotopic (exact) mass is 332 g/mol. The highest BCUT2D eigenvalue weighted by Crippen LogP contribution is 2.20. The lowest BCUT2D eigenvalue weighted by Crippen LogP contribution is -2.53. The SMILES string of the molecule is COCC1(CNC(=O)c2ccc(C)cc2Cl)CCCN1.Cl. The minimum Gasteiger partial charge on any atom is -0.383 e. The first kappa shape index (κ1) is 18.2. The van der Waals surface area contributed by atoms with E-state index in [9.17, 15) is 4.79 Å². The van der Waals surface area contributed by atoms with Crippen LogP contribution in [0.4, 0.5) is 0 Å². The first-order valence-electron chi connectivity index (χ1n) is 6.85. The number of methoxy groups -OCH3 is 1. The normalized spacial score (nSPS) is 20.9. The van der Waals surface area contributed by atoms with Gasteiger partial charge >= 0.3 is 0 Å². The molecule has 0 spiro atoms. The number of benzene rings is 1.